The summed E-state index contributed by atoms with van der Waals surface area (Å²) in [6, 6.07) is 4.74. The van der Waals surface area contributed by atoms with Crippen LogP contribution >= 0.6 is 0 Å². The molecule has 0 saturated carbocycles. The van der Waals surface area contributed by atoms with Gasteiger partial charge in [0.05, 0.1) is 22.1 Å². The van der Waals surface area contributed by atoms with Crippen molar-refractivity contribution in [3.63, 3.8) is 0 Å². The molecule has 1 amide bonds. The van der Waals surface area contributed by atoms with Crippen LogP contribution in [0.15, 0.2) is 18.2 Å². The standard InChI is InChI=1S/C14H19N3O3/c1-10-12(6-3-7-13(10)17(19)20)15-14(18)11-5-4-8-16(2)9-11/h3,6-7,11H,4-5,8-9H2,1-2H3,(H,15,18)/t11-/m0/s1. The summed E-state index contributed by atoms with van der Waals surface area (Å²) in [5.74, 6) is -0.104. The lowest BCUT2D eigenvalue weighted by Crippen LogP contribution is -2.38. The van der Waals surface area contributed by atoms with Gasteiger partial charge in [-0.3, -0.25) is 14.9 Å². The second kappa shape index (κ2) is 6.00. The van der Waals surface area contributed by atoms with Crippen LogP contribution in [-0.2, 0) is 4.79 Å². The first kappa shape index (κ1) is 14.5. The van der Waals surface area contributed by atoms with Crippen LogP contribution in [0.25, 0.3) is 0 Å². The number of benzene rings is 1. The summed E-state index contributed by atoms with van der Waals surface area (Å²) in [5, 5.41) is 13.7. The SMILES string of the molecule is Cc1c(NC(=O)[C@H]2CCCN(C)C2)cccc1[N+](=O)[O-]. The van der Waals surface area contributed by atoms with Crippen molar-refractivity contribution in [3.8, 4) is 0 Å². The van der Waals surface area contributed by atoms with Crippen LogP contribution < -0.4 is 5.32 Å². The number of nitrogens with zero attached hydrogens (tertiary/aromatic N) is 2. The lowest BCUT2D eigenvalue weighted by atomic mass is 9.97. The Morgan fingerprint density at radius 1 is 1.50 bits per heavy atom. The van der Waals surface area contributed by atoms with E-state index in [2.05, 4.69) is 10.2 Å². The largest absolute Gasteiger partial charge is 0.325 e. The minimum atomic E-state index is -0.431. The van der Waals surface area contributed by atoms with E-state index in [0.29, 0.717) is 11.3 Å². The number of likely N-dealkylation sites (tertiary alicyclic amines) is 1. The van der Waals surface area contributed by atoms with E-state index in [1.54, 1.807) is 19.1 Å². The van der Waals surface area contributed by atoms with Crippen LogP contribution in [0.3, 0.4) is 0 Å². The smallest absolute Gasteiger partial charge is 0.274 e. The Bertz CT molecular complexity index is 530. The average molecular weight is 277 g/mol. The number of carbonyl (C=O) groups is 1. The molecule has 1 aliphatic rings. The van der Waals surface area contributed by atoms with Crippen LogP contribution in [0.2, 0.25) is 0 Å². The van der Waals surface area contributed by atoms with E-state index in [1.165, 1.54) is 6.07 Å². The number of hydrogen-bond acceptors (Lipinski definition) is 4. The second-order valence-corrected chi connectivity index (χ2v) is 5.30. The van der Waals surface area contributed by atoms with Gasteiger partial charge in [-0.05, 0) is 39.4 Å². The number of anilines is 1. The van der Waals surface area contributed by atoms with Gasteiger partial charge in [0.1, 0.15) is 0 Å². The molecule has 108 valence electrons. The zero-order valence-corrected chi connectivity index (χ0v) is 11.8. The molecule has 1 heterocycles. The highest BCUT2D eigenvalue weighted by atomic mass is 16.6. The summed E-state index contributed by atoms with van der Waals surface area (Å²) < 4.78 is 0. The minimum Gasteiger partial charge on any atom is -0.325 e. The summed E-state index contributed by atoms with van der Waals surface area (Å²) in [5.41, 5.74) is 1.05. The van der Waals surface area contributed by atoms with E-state index in [0.717, 1.165) is 25.9 Å². The van der Waals surface area contributed by atoms with E-state index in [-0.39, 0.29) is 17.5 Å². The summed E-state index contributed by atoms with van der Waals surface area (Å²) in [4.78, 5) is 24.8. The fourth-order valence-corrected chi connectivity index (χ4v) is 2.57. The highest BCUT2D eigenvalue weighted by Gasteiger charge is 2.25. The Kier molecular flexibility index (Phi) is 4.34. The van der Waals surface area contributed by atoms with Crippen molar-refractivity contribution in [1.82, 2.24) is 4.90 Å². The maximum absolute atomic E-state index is 12.2. The van der Waals surface area contributed by atoms with Crippen molar-refractivity contribution in [3.05, 3.63) is 33.9 Å². The molecule has 1 aromatic carbocycles. The Morgan fingerprint density at radius 3 is 2.90 bits per heavy atom. The molecule has 0 bridgehead atoms. The molecule has 0 radical (unpaired) electrons. The van der Waals surface area contributed by atoms with Gasteiger partial charge in [0.15, 0.2) is 0 Å². The average Bonchev–Trinajstić information content (AvgIpc) is 2.40. The third-order valence-electron chi connectivity index (χ3n) is 3.76. The molecule has 0 aromatic heterocycles. The Labute approximate surface area is 117 Å². The van der Waals surface area contributed by atoms with Gasteiger partial charge in [-0.25, -0.2) is 0 Å². The molecule has 1 aliphatic heterocycles. The number of amides is 1. The quantitative estimate of drug-likeness (QED) is 0.678. The lowest BCUT2D eigenvalue weighted by Gasteiger charge is -2.28. The zero-order chi connectivity index (χ0) is 14.7. The molecule has 20 heavy (non-hydrogen) atoms. The molecular weight excluding hydrogens is 258 g/mol. The van der Waals surface area contributed by atoms with E-state index in [9.17, 15) is 14.9 Å². The summed E-state index contributed by atoms with van der Waals surface area (Å²) in [6.45, 7) is 3.40. The van der Waals surface area contributed by atoms with E-state index in [4.69, 9.17) is 0 Å². The van der Waals surface area contributed by atoms with Crippen LogP contribution in [-0.4, -0.2) is 35.9 Å². The van der Waals surface area contributed by atoms with Crippen LogP contribution in [0.5, 0.6) is 0 Å². The Morgan fingerprint density at radius 2 is 2.25 bits per heavy atom. The number of nitro groups is 1. The number of nitro benzene ring substituents is 1. The topological polar surface area (TPSA) is 75.5 Å². The summed E-state index contributed by atoms with van der Waals surface area (Å²) in [7, 11) is 2.00. The predicted molar refractivity (Wildman–Crippen MR) is 76.7 cm³/mol. The van der Waals surface area contributed by atoms with Gasteiger partial charge < -0.3 is 10.2 Å². The number of nitrogens with one attached hydrogen (secondary N) is 1. The fraction of sp³-hybridized carbons (Fsp3) is 0.500. The Balaban J connectivity index is 2.11. The van der Waals surface area contributed by atoms with Crippen LogP contribution in [0.4, 0.5) is 11.4 Å². The number of piperidine rings is 1. The zero-order valence-electron chi connectivity index (χ0n) is 11.8. The highest BCUT2D eigenvalue weighted by molar-refractivity contribution is 5.94. The molecule has 6 nitrogen and oxygen atoms in total. The molecule has 2 rings (SSSR count). The molecular formula is C14H19N3O3. The lowest BCUT2D eigenvalue weighted by molar-refractivity contribution is -0.385. The van der Waals surface area contributed by atoms with Crippen molar-refractivity contribution in [2.45, 2.75) is 19.8 Å². The Hall–Kier alpha value is -1.95. The molecule has 1 aromatic rings. The van der Waals surface area contributed by atoms with Crippen molar-refractivity contribution >= 4 is 17.3 Å². The summed E-state index contributed by atoms with van der Waals surface area (Å²) in [6.07, 6.45) is 1.87. The molecule has 6 heteroatoms. The second-order valence-electron chi connectivity index (χ2n) is 5.30. The molecule has 0 aliphatic carbocycles. The van der Waals surface area contributed by atoms with Crippen molar-refractivity contribution in [1.29, 1.82) is 0 Å². The molecule has 1 saturated heterocycles. The minimum absolute atomic E-state index is 0.0311. The number of hydrogen-bond donors (Lipinski definition) is 1. The fourth-order valence-electron chi connectivity index (χ4n) is 2.57. The summed E-state index contributed by atoms with van der Waals surface area (Å²) >= 11 is 0. The maximum atomic E-state index is 12.2. The third kappa shape index (κ3) is 3.14. The van der Waals surface area contributed by atoms with Crippen LogP contribution in [0.1, 0.15) is 18.4 Å². The maximum Gasteiger partial charge on any atom is 0.274 e. The van der Waals surface area contributed by atoms with Gasteiger partial charge >= 0.3 is 0 Å². The van der Waals surface area contributed by atoms with Gasteiger partial charge in [0.25, 0.3) is 5.69 Å². The molecule has 1 atom stereocenters. The highest BCUT2D eigenvalue weighted by Crippen LogP contribution is 2.26. The first-order valence-electron chi connectivity index (χ1n) is 6.72. The van der Waals surface area contributed by atoms with Gasteiger partial charge in [-0.2, -0.15) is 0 Å². The molecule has 0 unspecified atom stereocenters. The third-order valence-corrected chi connectivity index (χ3v) is 3.76. The molecule has 0 spiro atoms. The normalized spacial score (nSPS) is 19.6. The van der Waals surface area contributed by atoms with Gasteiger partial charge in [-0.1, -0.05) is 6.07 Å². The molecule has 1 N–H and O–H groups in total. The van der Waals surface area contributed by atoms with E-state index >= 15 is 0 Å². The van der Waals surface area contributed by atoms with Gasteiger partial charge in [0.2, 0.25) is 5.91 Å². The monoisotopic (exact) mass is 277 g/mol. The first-order valence-corrected chi connectivity index (χ1v) is 6.72. The van der Waals surface area contributed by atoms with E-state index in [1.807, 2.05) is 7.05 Å². The number of carbonyl (C=O) groups excluding carboxylic acids is 1. The van der Waals surface area contributed by atoms with Gasteiger partial charge in [0, 0.05) is 12.6 Å². The van der Waals surface area contributed by atoms with Crippen molar-refractivity contribution in [2.75, 3.05) is 25.5 Å². The molecule has 1 fully saturated rings. The van der Waals surface area contributed by atoms with Crippen molar-refractivity contribution < 1.29 is 9.72 Å². The number of rotatable bonds is 3. The predicted octanol–water partition coefficient (Wildman–Crippen LogP) is 2.18. The van der Waals surface area contributed by atoms with E-state index < -0.39 is 4.92 Å². The first-order chi connectivity index (χ1) is 9.49. The van der Waals surface area contributed by atoms with Crippen molar-refractivity contribution in [2.24, 2.45) is 5.92 Å². The van der Waals surface area contributed by atoms with Gasteiger partial charge in [-0.15, -0.1) is 0 Å². The van der Waals surface area contributed by atoms with Crippen LogP contribution in [0, 0.1) is 23.0 Å².